The van der Waals surface area contributed by atoms with E-state index in [0.29, 0.717) is 18.5 Å². The third-order valence-corrected chi connectivity index (χ3v) is 6.60. The normalized spacial score (nSPS) is 20.0. The van der Waals surface area contributed by atoms with Gasteiger partial charge in [0.15, 0.2) is 8.45 Å². The molecule has 1 heterocycles. The van der Waals surface area contributed by atoms with Gasteiger partial charge in [0, 0.05) is 25.2 Å². The number of morpholine rings is 1. The Morgan fingerprint density at radius 3 is 2.09 bits per heavy atom. The van der Waals surface area contributed by atoms with Crippen LogP contribution in [0, 0.1) is 16.7 Å². The van der Waals surface area contributed by atoms with Gasteiger partial charge in [-0.05, 0) is 33.1 Å². The number of nitriles is 1. The van der Waals surface area contributed by atoms with Crippen LogP contribution in [-0.2, 0) is 9.26 Å². The molecule has 1 rings (SSSR count). The first kappa shape index (κ1) is 20.8. The summed E-state index contributed by atoms with van der Waals surface area (Å²) >= 11 is 0. The van der Waals surface area contributed by atoms with Gasteiger partial charge in [0.2, 0.25) is 0 Å². The summed E-state index contributed by atoms with van der Waals surface area (Å²) in [5.41, 5.74) is -0.0533. The quantitative estimate of drug-likeness (QED) is 0.654. The van der Waals surface area contributed by atoms with Gasteiger partial charge in [0.25, 0.3) is 0 Å². The molecule has 1 aliphatic rings. The van der Waals surface area contributed by atoms with Crippen molar-refractivity contribution in [3.8, 4) is 6.07 Å². The molecule has 2 atom stereocenters. The summed E-state index contributed by atoms with van der Waals surface area (Å²) in [7, 11) is -0.901. The van der Waals surface area contributed by atoms with E-state index in [1.54, 1.807) is 0 Å². The van der Waals surface area contributed by atoms with Gasteiger partial charge in [-0.1, -0.05) is 20.8 Å². The molecule has 0 aromatic heterocycles. The lowest BCUT2D eigenvalue weighted by atomic mass is 9.88. The molecular formula is C17H34N3O2P. The molecule has 0 spiro atoms. The molecule has 0 N–H and O–H groups in total. The van der Waals surface area contributed by atoms with Crippen molar-refractivity contribution in [2.45, 2.75) is 73.1 Å². The zero-order chi connectivity index (χ0) is 17.6. The Bertz CT molecular complexity index is 376. The van der Waals surface area contributed by atoms with Gasteiger partial charge in [0.05, 0.1) is 31.8 Å². The van der Waals surface area contributed by atoms with Crippen molar-refractivity contribution >= 4 is 8.45 Å². The van der Waals surface area contributed by atoms with Crippen LogP contribution >= 0.6 is 8.45 Å². The van der Waals surface area contributed by atoms with Crippen LogP contribution in [0.3, 0.4) is 0 Å². The summed E-state index contributed by atoms with van der Waals surface area (Å²) in [5, 5.41) is 9.21. The molecule has 1 fully saturated rings. The van der Waals surface area contributed by atoms with Crippen molar-refractivity contribution in [1.29, 1.82) is 5.26 Å². The van der Waals surface area contributed by atoms with Gasteiger partial charge < -0.3 is 9.26 Å². The minimum absolute atomic E-state index is 0.0533. The van der Waals surface area contributed by atoms with Gasteiger partial charge >= 0.3 is 0 Å². The Morgan fingerprint density at radius 2 is 1.70 bits per heavy atom. The molecule has 0 aromatic carbocycles. The summed E-state index contributed by atoms with van der Waals surface area (Å²) in [6.45, 7) is 18.6. The fourth-order valence-electron chi connectivity index (χ4n) is 2.68. The monoisotopic (exact) mass is 343 g/mol. The maximum atomic E-state index is 9.21. The van der Waals surface area contributed by atoms with Crippen molar-refractivity contribution in [3.05, 3.63) is 0 Å². The van der Waals surface area contributed by atoms with Crippen molar-refractivity contribution in [3.63, 3.8) is 0 Å². The Hall–Kier alpha value is -0.240. The Kier molecular flexibility index (Phi) is 8.41. The van der Waals surface area contributed by atoms with Crippen molar-refractivity contribution in [2.24, 2.45) is 5.41 Å². The van der Waals surface area contributed by atoms with Gasteiger partial charge in [-0.3, -0.25) is 0 Å². The van der Waals surface area contributed by atoms with Crippen LogP contribution < -0.4 is 0 Å². The summed E-state index contributed by atoms with van der Waals surface area (Å²) in [6.07, 6.45) is 0.359. The predicted molar refractivity (Wildman–Crippen MR) is 96.0 cm³/mol. The van der Waals surface area contributed by atoms with Crippen molar-refractivity contribution in [1.82, 2.24) is 9.34 Å². The Balaban J connectivity index is 3.04. The molecular weight excluding hydrogens is 309 g/mol. The van der Waals surface area contributed by atoms with Crippen LogP contribution in [0.2, 0.25) is 0 Å². The highest BCUT2D eigenvalue weighted by Crippen LogP contribution is 2.51. The summed E-state index contributed by atoms with van der Waals surface area (Å²) in [4.78, 5) is 0. The molecule has 0 bridgehead atoms. The van der Waals surface area contributed by atoms with E-state index >= 15 is 0 Å². The molecule has 0 amide bonds. The predicted octanol–water partition coefficient (Wildman–Crippen LogP) is 4.01. The maximum Gasteiger partial charge on any atom is 0.188 e. The first-order chi connectivity index (χ1) is 10.7. The van der Waals surface area contributed by atoms with Crippen LogP contribution in [0.5, 0.6) is 0 Å². The minimum Gasteiger partial charge on any atom is -0.379 e. The van der Waals surface area contributed by atoms with Gasteiger partial charge in [-0.15, -0.1) is 0 Å². The first-order valence-corrected chi connectivity index (χ1v) is 9.79. The number of hydrogen-bond acceptors (Lipinski definition) is 5. The van der Waals surface area contributed by atoms with Crippen LogP contribution in [-0.4, -0.2) is 53.8 Å². The number of nitrogens with zero attached hydrogens (tertiary/aromatic N) is 3. The SMILES string of the molecule is CC(C)N(C(C)C)P(OC(CC#N)C(C)(C)C)N1CCOCC1. The van der Waals surface area contributed by atoms with Crippen molar-refractivity contribution < 1.29 is 9.26 Å². The molecule has 2 unspecified atom stereocenters. The average molecular weight is 343 g/mol. The maximum absolute atomic E-state index is 9.21. The molecule has 5 nitrogen and oxygen atoms in total. The van der Waals surface area contributed by atoms with E-state index in [1.807, 2.05) is 0 Å². The van der Waals surface area contributed by atoms with Crippen molar-refractivity contribution in [2.75, 3.05) is 26.3 Å². The number of hydrogen-bond donors (Lipinski definition) is 0. The molecule has 0 radical (unpaired) electrons. The van der Waals surface area contributed by atoms with Gasteiger partial charge in [-0.25, -0.2) is 9.34 Å². The fraction of sp³-hybridized carbons (Fsp3) is 0.941. The number of ether oxygens (including phenoxy) is 1. The molecule has 1 saturated heterocycles. The largest absolute Gasteiger partial charge is 0.379 e. The lowest BCUT2D eigenvalue weighted by Crippen LogP contribution is -2.44. The van der Waals surface area contributed by atoms with Gasteiger partial charge in [-0.2, -0.15) is 5.26 Å². The van der Waals surface area contributed by atoms with Crippen LogP contribution in [0.1, 0.15) is 54.9 Å². The third kappa shape index (κ3) is 6.29. The Morgan fingerprint density at radius 1 is 1.17 bits per heavy atom. The van der Waals surface area contributed by atoms with Crippen LogP contribution in [0.15, 0.2) is 0 Å². The zero-order valence-electron chi connectivity index (χ0n) is 15.9. The first-order valence-electron chi connectivity index (χ1n) is 8.63. The fourth-order valence-corrected chi connectivity index (χ4v) is 5.13. The molecule has 0 saturated carbocycles. The lowest BCUT2D eigenvalue weighted by molar-refractivity contribution is 0.0425. The second-order valence-corrected chi connectivity index (χ2v) is 9.45. The molecule has 1 aliphatic heterocycles. The van der Waals surface area contributed by atoms with Crippen LogP contribution in [0.25, 0.3) is 0 Å². The minimum atomic E-state index is -0.901. The average Bonchev–Trinajstić information content (AvgIpc) is 2.44. The summed E-state index contributed by atoms with van der Waals surface area (Å²) < 4.78 is 17.0. The Labute approximate surface area is 143 Å². The second kappa shape index (κ2) is 9.30. The van der Waals surface area contributed by atoms with E-state index in [9.17, 15) is 5.26 Å². The molecule has 0 aromatic rings. The third-order valence-electron chi connectivity index (χ3n) is 3.95. The smallest absolute Gasteiger partial charge is 0.188 e. The molecule has 23 heavy (non-hydrogen) atoms. The van der Waals surface area contributed by atoms with E-state index < -0.39 is 8.45 Å². The van der Waals surface area contributed by atoms with E-state index in [4.69, 9.17) is 9.26 Å². The van der Waals surface area contributed by atoms with Crippen LogP contribution in [0.4, 0.5) is 0 Å². The van der Waals surface area contributed by atoms with E-state index in [0.717, 1.165) is 26.3 Å². The standard InChI is InChI=1S/C17H34N3O2P/c1-14(2)20(15(3)4)23(19-10-12-21-13-11-19)22-16(8-9-18)17(5,6)7/h14-16H,8,10-13H2,1-7H3. The van der Waals surface area contributed by atoms with E-state index in [-0.39, 0.29) is 11.5 Å². The lowest BCUT2D eigenvalue weighted by Gasteiger charge is -2.46. The summed E-state index contributed by atoms with van der Waals surface area (Å²) in [6, 6.07) is 3.09. The van der Waals surface area contributed by atoms with Gasteiger partial charge in [0.1, 0.15) is 0 Å². The molecule has 6 heteroatoms. The summed E-state index contributed by atoms with van der Waals surface area (Å²) in [5.74, 6) is 0. The topological polar surface area (TPSA) is 48.7 Å². The number of rotatable bonds is 7. The highest BCUT2D eigenvalue weighted by molar-refractivity contribution is 7.47. The van der Waals surface area contributed by atoms with E-state index in [1.165, 1.54) is 0 Å². The highest BCUT2D eigenvalue weighted by Gasteiger charge is 2.37. The highest BCUT2D eigenvalue weighted by atomic mass is 31.2. The molecule has 0 aliphatic carbocycles. The zero-order valence-corrected chi connectivity index (χ0v) is 16.8. The van der Waals surface area contributed by atoms with E-state index in [2.05, 4.69) is 63.9 Å². The molecule has 134 valence electrons. The second-order valence-electron chi connectivity index (χ2n) is 7.71.